The summed E-state index contributed by atoms with van der Waals surface area (Å²) in [5.74, 6) is 2.04. The number of aromatic nitrogens is 9. The number of carbonyl (C=O) groups excluding carboxylic acids is 1. The van der Waals surface area contributed by atoms with E-state index in [0.717, 1.165) is 11.3 Å². The van der Waals surface area contributed by atoms with Gasteiger partial charge in [0.05, 0.1) is 11.4 Å². The number of nitrogens with zero attached hydrogens (tertiary/aromatic N) is 9. The molecule has 0 saturated carbocycles. The summed E-state index contributed by atoms with van der Waals surface area (Å²) >= 11 is 1.25. The van der Waals surface area contributed by atoms with Gasteiger partial charge in [0, 0.05) is 18.8 Å². The fourth-order valence-electron chi connectivity index (χ4n) is 3.09. The van der Waals surface area contributed by atoms with Crippen molar-refractivity contribution in [1.82, 2.24) is 44.8 Å². The molecular formula is C19H24N12OS. The number of fused-ring (bicyclic) bond motifs is 1. The summed E-state index contributed by atoms with van der Waals surface area (Å²) < 4.78 is 3.33. The van der Waals surface area contributed by atoms with Crippen LogP contribution in [0.15, 0.2) is 23.4 Å². The van der Waals surface area contributed by atoms with Gasteiger partial charge in [-0.2, -0.15) is 14.6 Å². The van der Waals surface area contributed by atoms with Gasteiger partial charge >= 0.3 is 0 Å². The number of thioether (sulfide) groups is 1. The molecule has 3 N–H and O–H groups in total. The monoisotopic (exact) mass is 468 g/mol. The molecule has 0 unspecified atom stereocenters. The second-order valence-corrected chi connectivity index (χ2v) is 7.97. The van der Waals surface area contributed by atoms with Gasteiger partial charge in [-0.1, -0.05) is 17.8 Å². The van der Waals surface area contributed by atoms with E-state index in [1.807, 2.05) is 45.9 Å². The number of rotatable bonds is 9. The minimum Gasteiger partial charge on any atom is -0.355 e. The predicted octanol–water partition coefficient (Wildman–Crippen LogP) is 1.71. The van der Waals surface area contributed by atoms with E-state index >= 15 is 0 Å². The maximum atomic E-state index is 12.6. The van der Waals surface area contributed by atoms with Gasteiger partial charge in [-0.05, 0) is 55.8 Å². The van der Waals surface area contributed by atoms with Crippen LogP contribution in [0.3, 0.4) is 0 Å². The molecule has 0 saturated heterocycles. The van der Waals surface area contributed by atoms with Crippen LogP contribution in [0.1, 0.15) is 25.2 Å². The SMILES string of the molecule is CCNc1nc(NCC)n2c(SCC(=O)Nc3ccc(C)c(-n4nnnc4C)c3)nnc2n1. The summed E-state index contributed by atoms with van der Waals surface area (Å²) in [6, 6.07) is 5.59. The van der Waals surface area contributed by atoms with Gasteiger partial charge in [0.15, 0.2) is 11.0 Å². The predicted molar refractivity (Wildman–Crippen MR) is 125 cm³/mol. The van der Waals surface area contributed by atoms with E-state index in [1.165, 1.54) is 11.8 Å². The molecule has 1 amide bonds. The number of hydrogen-bond donors (Lipinski definition) is 3. The molecule has 3 aromatic heterocycles. The van der Waals surface area contributed by atoms with Crippen molar-refractivity contribution in [3.05, 3.63) is 29.6 Å². The highest BCUT2D eigenvalue weighted by Crippen LogP contribution is 2.23. The highest BCUT2D eigenvalue weighted by atomic mass is 32.2. The molecule has 1 aromatic carbocycles. The van der Waals surface area contributed by atoms with Crippen LogP contribution in [0, 0.1) is 13.8 Å². The van der Waals surface area contributed by atoms with Crippen molar-refractivity contribution in [2.75, 3.05) is 34.8 Å². The zero-order valence-electron chi connectivity index (χ0n) is 18.7. The molecule has 0 atom stereocenters. The number of benzene rings is 1. The van der Waals surface area contributed by atoms with Gasteiger partial charge in [-0.15, -0.1) is 15.3 Å². The summed E-state index contributed by atoms with van der Waals surface area (Å²) in [4.78, 5) is 21.5. The lowest BCUT2D eigenvalue weighted by atomic mass is 10.2. The third-order valence-corrected chi connectivity index (χ3v) is 5.52. The molecule has 0 aliphatic heterocycles. The third kappa shape index (κ3) is 4.84. The van der Waals surface area contributed by atoms with Crippen molar-refractivity contribution in [3.63, 3.8) is 0 Å². The summed E-state index contributed by atoms with van der Waals surface area (Å²) in [7, 11) is 0. The number of carbonyl (C=O) groups is 1. The summed E-state index contributed by atoms with van der Waals surface area (Å²) in [5, 5.41) is 29.6. The van der Waals surface area contributed by atoms with Crippen LogP contribution in [-0.2, 0) is 4.79 Å². The molecule has 0 radical (unpaired) electrons. The average molecular weight is 469 g/mol. The molecule has 4 aromatic rings. The number of aryl methyl sites for hydroxylation is 2. The maximum absolute atomic E-state index is 12.6. The van der Waals surface area contributed by atoms with Crippen molar-refractivity contribution in [1.29, 1.82) is 0 Å². The van der Waals surface area contributed by atoms with E-state index in [1.54, 1.807) is 9.08 Å². The third-order valence-electron chi connectivity index (χ3n) is 4.59. The highest BCUT2D eigenvalue weighted by Gasteiger charge is 2.16. The second kappa shape index (κ2) is 9.77. The first-order chi connectivity index (χ1) is 16.0. The van der Waals surface area contributed by atoms with Crippen LogP contribution in [-0.4, -0.2) is 69.5 Å². The Morgan fingerprint density at radius 3 is 2.61 bits per heavy atom. The number of tetrazole rings is 1. The molecule has 14 heteroatoms. The van der Waals surface area contributed by atoms with Crippen molar-refractivity contribution in [2.24, 2.45) is 0 Å². The van der Waals surface area contributed by atoms with E-state index in [0.29, 0.717) is 47.4 Å². The summed E-state index contributed by atoms with van der Waals surface area (Å²) in [6.45, 7) is 9.06. The summed E-state index contributed by atoms with van der Waals surface area (Å²) in [6.07, 6.45) is 0. The Morgan fingerprint density at radius 2 is 1.88 bits per heavy atom. The minimum atomic E-state index is -0.185. The van der Waals surface area contributed by atoms with E-state index < -0.39 is 0 Å². The van der Waals surface area contributed by atoms with Gasteiger partial charge in [0.2, 0.25) is 17.8 Å². The smallest absolute Gasteiger partial charge is 0.261 e. The first kappa shape index (κ1) is 22.4. The van der Waals surface area contributed by atoms with E-state index in [4.69, 9.17) is 0 Å². The lowest BCUT2D eigenvalue weighted by Crippen LogP contribution is -2.15. The van der Waals surface area contributed by atoms with Crippen LogP contribution < -0.4 is 16.0 Å². The summed E-state index contributed by atoms with van der Waals surface area (Å²) in [5.41, 5.74) is 2.44. The largest absolute Gasteiger partial charge is 0.355 e. The first-order valence-electron chi connectivity index (χ1n) is 10.4. The maximum Gasteiger partial charge on any atom is 0.261 e. The van der Waals surface area contributed by atoms with E-state index in [9.17, 15) is 4.79 Å². The molecular weight excluding hydrogens is 444 g/mol. The molecule has 0 aliphatic rings. The molecule has 0 fully saturated rings. The fourth-order valence-corrected chi connectivity index (χ4v) is 3.82. The van der Waals surface area contributed by atoms with Gasteiger partial charge in [0.25, 0.3) is 5.78 Å². The average Bonchev–Trinajstić information content (AvgIpc) is 3.40. The number of amides is 1. The Hall–Kier alpha value is -3.81. The van der Waals surface area contributed by atoms with Crippen molar-refractivity contribution in [3.8, 4) is 5.69 Å². The quantitative estimate of drug-likeness (QED) is 0.308. The Bertz CT molecular complexity index is 1280. The topological polar surface area (TPSA) is 153 Å². The Labute approximate surface area is 193 Å². The normalized spacial score (nSPS) is 11.0. The van der Waals surface area contributed by atoms with Crippen molar-refractivity contribution in [2.45, 2.75) is 32.9 Å². The lowest BCUT2D eigenvalue weighted by Gasteiger charge is -2.11. The zero-order valence-corrected chi connectivity index (χ0v) is 19.5. The molecule has 3 heterocycles. The molecule has 33 heavy (non-hydrogen) atoms. The fraction of sp³-hybridized carbons (Fsp3) is 0.368. The van der Waals surface area contributed by atoms with Crippen molar-refractivity contribution >= 4 is 41.0 Å². The number of hydrogen-bond acceptors (Lipinski definition) is 11. The van der Waals surface area contributed by atoms with Gasteiger partial charge in [0.1, 0.15) is 0 Å². The molecule has 0 spiro atoms. The van der Waals surface area contributed by atoms with Crippen molar-refractivity contribution < 1.29 is 4.79 Å². The Morgan fingerprint density at radius 1 is 1.06 bits per heavy atom. The highest BCUT2D eigenvalue weighted by molar-refractivity contribution is 7.99. The van der Waals surface area contributed by atoms with Gasteiger partial charge in [-0.25, -0.2) is 4.40 Å². The molecule has 0 bridgehead atoms. The molecule has 4 rings (SSSR count). The van der Waals surface area contributed by atoms with Gasteiger partial charge in [-0.3, -0.25) is 4.79 Å². The van der Waals surface area contributed by atoms with Crippen LogP contribution >= 0.6 is 11.8 Å². The number of anilines is 3. The zero-order chi connectivity index (χ0) is 23.4. The van der Waals surface area contributed by atoms with Crippen LogP contribution in [0.5, 0.6) is 0 Å². The Balaban J connectivity index is 1.49. The lowest BCUT2D eigenvalue weighted by molar-refractivity contribution is -0.113. The van der Waals surface area contributed by atoms with Gasteiger partial charge < -0.3 is 16.0 Å². The minimum absolute atomic E-state index is 0.133. The molecule has 13 nitrogen and oxygen atoms in total. The van der Waals surface area contributed by atoms with Crippen LogP contribution in [0.4, 0.5) is 17.6 Å². The standard InChI is InChI=1S/C19H24N12OS/c1-5-20-16-23-17(21-6-2)30-18(24-16)26-27-19(30)33-10-15(32)22-13-8-7-11(3)14(9-13)31-12(4)25-28-29-31/h7-9H,5-6,10H2,1-4H3,(H,22,32)(H2,20,21,23,24,26). The second-order valence-electron chi connectivity index (χ2n) is 7.03. The van der Waals surface area contributed by atoms with Crippen LogP contribution in [0.25, 0.3) is 11.5 Å². The van der Waals surface area contributed by atoms with E-state index in [2.05, 4.69) is 51.6 Å². The van der Waals surface area contributed by atoms with E-state index in [-0.39, 0.29) is 11.7 Å². The van der Waals surface area contributed by atoms with Crippen LogP contribution in [0.2, 0.25) is 0 Å². The number of nitrogens with one attached hydrogen (secondary N) is 3. The Kier molecular flexibility index (Phi) is 6.63. The first-order valence-corrected chi connectivity index (χ1v) is 11.4. The molecule has 0 aliphatic carbocycles. The molecule has 172 valence electrons.